The van der Waals surface area contributed by atoms with Crippen LogP contribution in [-0.4, -0.2) is 19.3 Å². The van der Waals surface area contributed by atoms with Crippen molar-refractivity contribution >= 4 is 53.3 Å². The van der Waals surface area contributed by atoms with E-state index in [4.69, 9.17) is 14.8 Å². The minimum atomic E-state index is 0.734. The SMILES string of the molecule is Cc1cc(C)c(-c2cn(-c3cccc(Oc4ccc5c6ccc7sc8ccccc8c7c6n(-c6ccccn6)c5c4)c3)nc2-c2c(C)cc(C)cc2C)c(C)c1. The lowest BCUT2D eigenvalue weighted by Crippen LogP contribution is -1.98. The van der Waals surface area contributed by atoms with Crippen molar-refractivity contribution in [2.75, 3.05) is 0 Å². The number of hydrogen-bond acceptors (Lipinski definition) is 4. The molecule has 0 N–H and O–H groups in total. The Hall–Kier alpha value is -6.50. The van der Waals surface area contributed by atoms with E-state index >= 15 is 0 Å². The molecular formula is C50H40N4OS. The molecule has 0 saturated carbocycles. The summed E-state index contributed by atoms with van der Waals surface area (Å²) in [5.41, 5.74) is 15.1. The van der Waals surface area contributed by atoms with Crippen molar-refractivity contribution < 1.29 is 4.74 Å². The van der Waals surface area contributed by atoms with E-state index in [-0.39, 0.29) is 0 Å². The first-order chi connectivity index (χ1) is 27.2. The van der Waals surface area contributed by atoms with Gasteiger partial charge in [-0.05, 0) is 118 Å². The molecule has 10 rings (SSSR count). The molecule has 4 aromatic heterocycles. The molecule has 0 fully saturated rings. The van der Waals surface area contributed by atoms with E-state index < -0.39 is 0 Å². The quantitative estimate of drug-likeness (QED) is 0.170. The summed E-state index contributed by atoms with van der Waals surface area (Å²) in [5, 5.41) is 10.2. The van der Waals surface area contributed by atoms with Crippen LogP contribution in [0.4, 0.5) is 0 Å². The van der Waals surface area contributed by atoms with Crippen LogP contribution < -0.4 is 4.74 Å². The molecule has 0 spiro atoms. The molecule has 0 aliphatic carbocycles. The van der Waals surface area contributed by atoms with E-state index in [0.717, 1.165) is 50.7 Å². The molecule has 0 unspecified atom stereocenters. The summed E-state index contributed by atoms with van der Waals surface area (Å²) in [4.78, 5) is 4.85. The molecule has 0 atom stereocenters. The number of fused-ring (bicyclic) bond motifs is 7. The molecule has 56 heavy (non-hydrogen) atoms. The fraction of sp³-hybridized carbons (Fsp3) is 0.120. The molecule has 10 aromatic rings. The summed E-state index contributed by atoms with van der Waals surface area (Å²) in [6.45, 7) is 13.1. The van der Waals surface area contributed by atoms with Gasteiger partial charge in [-0.15, -0.1) is 11.3 Å². The molecule has 0 bridgehead atoms. The molecule has 0 aliphatic rings. The molecule has 6 aromatic carbocycles. The smallest absolute Gasteiger partial charge is 0.137 e. The van der Waals surface area contributed by atoms with Crippen LogP contribution in [0, 0.1) is 41.5 Å². The van der Waals surface area contributed by atoms with Gasteiger partial charge in [-0.2, -0.15) is 5.10 Å². The number of benzene rings is 6. The first-order valence-electron chi connectivity index (χ1n) is 19.1. The normalized spacial score (nSPS) is 11.8. The maximum absolute atomic E-state index is 6.71. The van der Waals surface area contributed by atoms with Gasteiger partial charge in [-0.1, -0.05) is 71.8 Å². The zero-order valence-corrected chi connectivity index (χ0v) is 33.1. The lowest BCUT2D eigenvalue weighted by atomic mass is 9.89. The van der Waals surface area contributed by atoms with Crippen LogP contribution in [0.25, 0.3) is 75.9 Å². The van der Waals surface area contributed by atoms with Gasteiger partial charge < -0.3 is 4.74 Å². The highest BCUT2D eigenvalue weighted by Gasteiger charge is 2.22. The Morgan fingerprint density at radius 1 is 0.571 bits per heavy atom. The topological polar surface area (TPSA) is 44.9 Å². The first kappa shape index (κ1) is 34.0. The van der Waals surface area contributed by atoms with E-state index in [1.165, 1.54) is 70.1 Å². The van der Waals surface area contributed by atoms with E-state index in [9.17, 15) is 0 Å². The number of nitrogens with zero attached hydrogens (tertiary/aromatic N) is 4. The maximum atomic E-state index is 6.71. The summed E-state index contributed by atoms with van der Waals surface area (Å²) in [6.07, 6.45) is 4.05. The largest absolute Gasteiger partial charge is 0.457 e. The van der Waals surface area contributed by atoms with E-state index in [1.54, 1.807) is 0 Å². The van der Waals surface area contributed by atoms with Gasteiger partial charge in [0.15, 0.2) is 0 Å². The Labute approximate surface area is 330 Å². The fourth-order valence-corrected chi connectivity index (χ4v) is 10.0. The van der Waals surface area contributed by atoms with Crippen LogP contribution in [0.15, 0.2) is 134 Å². The lowest BCUT2D eigenvalue weighted by Gasteiger charge is -2.14. The van der Waals surface area contributed by atoms with Gasteiger partial charge in [0.2, 0.25) is 0 Å². The van der Waals surface area contributed by atoms with Crippen molar-refractivity contribution in [2.24, 2.45) is 0 Å². The second-order valence-corrected chi connectivity index (χ2v) is 16.2. The predicted molar refractivity (Wildman–Crippen MR) is 234 cm³/mol. The highest BCUT2D eigenvalue weighted by molar-refractivity contribution is 7.26. The van der Waals surface area contributed by atoms with Gasteiger partial charge in [0.25, 0.3) is 0 Å². The minimum Gasteiger partial charge on any atom is -0.457 e. The molecule has 4 heterocycles. The number of aromatic nitrogens is 4. The number of aryl methyl sites for hydroxylation is 6. The maximum Gasteiger partial charge on any atom is 0.137 e. The van der Waals surface area contributed by atoms with Crippen molar-refractivity contribution in [1.82, 2.24) is 19.3 Å². The Bertz CT molecular complexity index is 3060. The Morgan fingerprint density at radius 2 is 1.27 bits per heavy atom. The Morgan fingerprint density at radius 3 is 2.02 bits per heavy atom. The second-order valence-electron chi connectivity index (χ2n) is 15.1. The van der Waals surface area contributed by atoms with Crippen molar-refractivity contribution in [3.05, 3.63) is 167 Å². The van der Waals surface area contributed by atoms with Crippen LogP contribution >= 0.6 is 11.3 Å². The fourth-order valence-electron chi connectivity index (χ4n) is 8.94. The van der Waals surface area contributed by atoms with Crippen molar-refractivity contribution in [1.29, 1.82) is 0 Å². The Kier molecular flexibility index (Phi) is 7.94. The minimum absolute atomic E-state index is 0.734. The van der Waals surface area contributed by atoms with Crippen molar-refractivity contribution in [2.45, 2.75) is 41.5 Å². The number of ether oxygens (including phenoxy) is 1. The van der Waals surface area contributed by atoms with Gasteiger partial charge >= 0.3 is 0 Å². The average Bonchev–Trinajstić information content (AvgIpc) is 3.86. The van der Waals surface area contributed by atoms with Crippen LogP contribution in [-0.2, 0) is 0 Å². The van der Waals surface area contributed by atoms with Crippen LogP contribution in [0.1, 0.15) is 33.4 Å². The number of hydrogen-bond donors (Lipinski definition) is 0. The summed E-state index contributed by atoms with van der Waals surface area (Å²) >= 11 is 1.83. The monoisotopic (exact) mass is 744 g/mol. The van der Waals surface area contributed by atoms with Crippen LogP contribution in [0.2, 0.25) is 0 Å². The molecule has 272 valence electrons. The zero-order valence-electron chi connectivity index (χ0n) is 32.3. The molecule has 0 radical (unpaired) electrons. The molecule has 0 saturated heterocycles. The molecule has 6 heteroatoms. The van der Waals surface area contributed by atoms with Crippen LogP contribution in [0.3, 0.4) is 0 Å². The predicted octanol–water partition coefficient (Wildman–Crippen LogP) is 13.7. The van der Waals surface area contributed by atoms with Gasteiger partial charge in [-0.3, -0.25) is 4.57 Å². The van der Waals surface area contributed by atoms with Gasteiger partial charge in [0, 0.05) is 66.6 Å². The summed E-state index contributed by atoms with van der Waals surface area (Å²) in [7, 11) is 0. The molecular weight excluding hydrogens is 705 g/mol. The second kappa shape index (κ2) is 13.1. The van der Waals surface area contributed by atoms with Gasteiger partial charge in [0.1, 0.15) is 23.0 Å². The highest BCUT2D eigenvalue weighted by Crippen LogP contribution is 2.44. The van der Waals surface area contributed by atoms with E-state index in [1.807, 2.05) is 46.5 Å². The van der Waals surface area contributed by atoms with Crippen molar-refractivity contribution in [3.8, 4) is 45.4 Å². The van der Waals surface area contributed by atoms with E-state index in [2.05, 4.69) is 149 Å². The third kappa shape index (κ3) is 5.51. The molecule has 0 amide bonds. The van der Waals surface area contributed by atoms with E-state index in [0.29, 0.717) is 0 Å². The van der Waals surface area contributed by atoms with Gasteiger partial charge in [0.05, 0.1) is 16.7 Å². The van der Waals surface area contributed by atoms with Crippen molar-refractivity contribution in [3.63, 3.8) is 0 Å². The third-order valence-electron chi connectivity index (χ3n) is 11.0. The number of rotatable bonds is 6. The standard InChI is InChI=1S/C50H40N4OS/c1-29-22-31(3)46(32(4)23-29)41-28-53(52-49(41)47-33(5)24-30(2)25-34(47)6)35-12-11-13-36(26-35)55-37-17-18-38-39-19-20-44-48(40-14-7-8-15-43(40)56-44)50(39)54(42(38)27-37)45-16-9-10-21-51-45/h7-28H,1-6H3. The Balaban J connectivity index is 1.10. The first-order valence-corrected chi connectivity index (χ1v) is 19.9. The number of pyridine rings is 1. The van der Waals surface area contributed by atoms with Gasteiger partial charge in [-0.25, -0.2) is 9.67 Å². The zero-order chi connectivity index (χ0) is 38.2. The molecule has 5 nitrogen and oxygen atoms in total. The van der Waals surface area contributed by atoms with Crippen LogP contribution in [0.5, 0.6) is 11.5 Å². The summed E-state index contributed by atoms with van der Waals surface area (Å²) in [6, 6.07) is 42.9. The highest BCUT2D eigenvalue weighted by atomic mass is 32.1. The molecule has 0 aliphatic heterocycles. The lowest BCUT2D eigenvalue weighted by molar-refractivity contribution is 0.483. The summed E-state index contributed by atoms with van der Waals surface area (Å²) < 4.78 is 13.6. The average molecular weight is 745 g/mol. The number of thiophene rings is 1. The summed E-state index contributed by atoms with van der Waals surface area (Å²) in [5.74, 6) is 2.36. The third-order valence-corrected chi connectivity index (χ3v) is 12.1.